The highest BCUT2D eigenvalue weighted by Gasteiger charge is 2.15. The number of halogens is 3. The molecule has 0 unspecified atom stereocenters. The van der Waals surface area contributed by atoms with Crippen molar-refractivity contribution in [2.75, 3.05) is 30.3 Å². The van der Waals surface area contributed by atoms with Crippen LogP contribution in [-0.2, 0) is 4.79 Å². The second-order valence-corrected chi connectivity index (χ2v) is 7.74. The lowest BCUT2D eigenvalue weighted by Crippen LogP contribution is -2.32. The average molecular weight is 457 g/mol. The van der Waals surface area contributed by atoms with E-state index in [0.29, 0.717) is 32.0 Å². The molecule has 5 nitrogen and oxygen atoms in total. The van der Waals surface area contributed by atoms with Crippen molar-refractivity contribution in [1.29, 1.82) is 0 Å². The Morgan fingerprint density at radius 2 is 1.59 bits per heavy atom. The van der Waals surface area contributed by atoms with E-state index in [1.54, 1.807) is 24.3 Å². The fourth-order valence-electron chi connectivity index (χ4n) is 2.79. The van der Waals surface area contributed by atoms with Crippen molar-refractivity contribution in [2.45, 2.75) is 26.7 Å². The normalized spacial score (nSPS) is 10.5. The van der Waals surface area contributed by atoms with Gasteiger partial charge in [0.25, 0.3) is 5.91 Å². The van der Waals surface area contributed by atoms with Crippen LogP contribution in [0.15, 0.2) is 36.4 Å². The van der Waals surface area contributed by atoms with Crippen LogP contribution in [-0.4, -0.2) is 36.3 Å². The Balaban J connectivity index is 2.00. The van der Waals surface area contributed by atoms with E-state index >= 15 is 0 Å². The molecule has 8 heteroatoms. The van der Waals surface area contributed by atoms with Crippen LogP contribution in [0.5, 0.6) is 0 Å². The lowest BCUT2D eigenvalue weighted by atomic mass is 10.1. The van der Waals surface area contributed by atoms with Gasteiger partial charge in [-0.25, -0.2) is 0 Å². The van der Waals surface area contributed by atoms with Crippen LogP contribution < -0.4 is 10.6 Å². The summed E-state index contributed by atoms with van der Waals surface area (Å²) >= 11 is 17.9. The van der Waals surface area contributed by atoms with Gasteiger partial charge in [0.2, 0.25) is 5.91 Å². The summed E-state index contributed by atoms with van der Waals surface area (Å²) in [5.41, 5.74) is 1.65. The van der Waals surface area contributed by atoms with Gasteiger partial charge in [0.15, 0.2) is 0 Å². The Hall–Kier alpha value is -1.95. The Labute approximate surface area is 186 Å². The molecule has 0 saturated heterocycles. The molecule has 2 aromatic rings. The molecule has 2 N–H and O–H groups in total. The average Bonchev–Trinajstić information content (AvgIpc) is 2.70. The fraction of sp³-hybridized carbons (Fsp3) is 0.333. The maximum atomic E-state index is 12.7. The van der Waals surface area contributed by atoms with E-state index in [1.807, 2.05) is 18.7 Å². The molecule has 0 fully saturated rings. The van der Waals surface area contributed by atoms with Crippen molar-refractivity contribution >= 4 is 58.0 Å². The highest BCUT2D eigenvalue weighted by Crippen LogP contribution is 2.32. The van der Waals surface area contributed by atoms with E-state index < -0.39 is 0 Å². The van der Waals surface area contributed by atoms with E-state index in [9.17, 15) is 9.59 Å². The second kappa shape index (κ2) is 11.3. The Bertz CT molecular complexity index is 868. The van der Waals surface area contributed by atoms with E-state index in [-0.39, 0.29) is 18.4 Å². The highest BCUT2D eigenvalue weighted by molar-refractivity contribution is 6.44. The van der Waals surface area contributed by atoms with Crippen molar-refractivity contribution in [3.05, 3.63) is 57.0 Å². The topological polar surface area (TPSA) is 61.4 Å². The van der Waals surface area contributed by atoms with Gasteiger partial charge in [-0.2, -0.15) is 0 Å². The summed E-state index contributed by atoms with van der Waals surface area (Å²) in [6.07, 6.45) is 1.81. The summed E-state index contributed by atoms with van der Waals surface area (Å²) in [5, 5.41) is 6.62. The van der Waals surface area contributed by atoms with Crippen LogP contribution >= 0.6 is 34.8 Å². The van der Waals surface area contributed by atoms with Gasteiger partial charge in [-0.05, 0) is 43.2 Å². The second-order valence-electron chi connectivity index (χ2n) is 6.52. The highest BCUT2D eigenvalue weighted by atomic mass is 35.5. The van der Waals surface area contributed by atoms with E-state index in [4.69, 9.17) is 34.8 Å². The molecular weight excluding hydrogens is 433 g/mol. The van der Waals surface area contributed by atoms with Gasteiger partial charge >= 0.3 is 0 Å². The van der Waals surface area contributed by atoms with Gasteiger partial charge in [0.1, 0.15) is 0 Å². The van der Waals surface area contributed by atoms with Crippen LogP contribution in [0.2, 0.25) is 15.1 Å². The van der Waals surface area contributed by atoms with Gasteiger partial charge < -0.3 is 15.5 Å². The van der Waals surface area contributed by atoms with Gasteiger partial charge in [-0.15, -0.1) is 0 Å². The number of amides is 2. The minimum atomic E-state index is -0.305. The quantitative estimate of drug-likeness (QED) is 0.458. The van der Waals surface area contributed by atoms with Crippen LogP contribution in [0.25, 0.3) is 0 Å². The number of benzene rings is 2. The molecule has 0 saturated carbocycles. The summed E-state index contributed by atoms with van der Waals surface area (Å²) in [7, 11) is 0. The number of nitrogens with one attached hydrogen (secondary N) is 2. The van der Waals surface area contributed by atoms with Crippen molar-refractivity contribution in [2.24, 2.45) is 0 Å². The summed E-state index contributed by atoms with van der Waals surface area (Å²) in [6.45, 7) is 5.54. The van der Waals surface area contributed by atoms with Crippen LogP contribution in [0.3, 0.4) is 0 Å². The predicted molar refractivity (Wildman–Crippen MR) is 122 cm³/mol. The molecule has 0 heterocycles. The van der Waals surface area contributed by atoms with Gasteiger partial charge in [0.05, 0.1) is 27.3 Å². The molecular formula is C21H24Cl3N3O2. The lowest BCUT2D eigenvalue weighted by molar-refractivity contribution is -0.114. The smallest absolute Gasteiger partial charge is 0.253 e. The maximum absolute atomic E-state index is 12.7. The van der Waals surface area contributed by atoms with E-state index in [0.717, 1.165) is 25.9 Å². The number of carbonyl (C=O) groups is 2. The van der Waals surface area contributed by atoms with Crippen LogP contribution in [0, 0.1) is 0 Å². The minimum Gasteiger partial charge on any atom is -0.376 e. The summed E-state index contributed by atoms with van der Waals surface area (Å²) in [5.74, 6) is -0.315. The van der Waals surface area contributed by atoms with Gasteiger partial charge in [-0.1, -0.05) is 54.7 Å². The molecule has 0 aliphatic heterocycles. The Morgan fingerprint density at radius 3 is 2.24 bits per heavy atom. The number of anilines is 2. The monoisotopic (exact) mass is 455 g/mol. The molecule has 0 bridgehead atoms. The molecule has 0 atom stereocenters. The Morgan fingerprint density at radius 1 is 0.931 bits per heavy atom. The first kappa shape index (κ1) is 23.3. The van der Waals surface area contributed by atoms with Crippen molar-refractivity contribution in [3.63, 3.8) is 0 Å². The molecule has 2 aromatic carbocycles. The zero-order valence-corrected chi connectivity index (χ0v) is 18.7. The fourth-order valence-corrected chi connectivity index (χ4v) is 3.39. The number of rotatable bonds is 9. The molecule has 0 aliphatic rings. The van der Waals surface area contributed by atoms with Crippen molar-refractivity contribution < 1.29 is 9.59 Å². The maximum Gasteiger partial charge on any atom is 0.253 e. The third kappa shape index (κ3) is 6.81. The van der Waals surface area contributed by atoms with Gasteiger partial charge in [0, 0.05) is 24.3 Å². The molecule has 29 heavy (non-hydrogen) atoms. The molecule has 0 aliphatic carbocycles. The zero-order chi connectivity index (χ0) is 21.4. The first-order valence-electron chi connectivity index (χ1n) is 9.43. The van der Waals surface area contributed by atoms with E-state index in [1.165, 1.54) is 12.1 Å². The number of hydrogen-bond donors (Lipinski definition) is 2. The Kier molecular flexibility index (Phi) is 9.08. The first-order chi connectivity index (χ1) is 13.8. The van der Waals surface area contributed by atoms with Gasteiger partial charge in [-0.3, -0.25) is 9.59 Å². The van der Waals surface area contributed by atoms with Crippen LogP contribution in [0.1, 0.15) is 37.0 Å². The molecule has 0 aromatic heterocycles. The number of nitrogens with zero attached hydrogens (tertiary/aromatic N) is 1. The minimum absolute atomic E-state index is 0.00184. The lowest BCUT2D eigenvalue weighted by Gasteiger charge is -2.21. The largest absolute Gasteiger partial charge is 0.376 e. The molecule has 2 amide bonds. The predicted octanol–water partition coefficient (Wildman–Crippen LogP) is 5.96. The zero-order valence-electron chi connectivity index (χ0n) is 16.4. The molecule has 0 spiro atoms. The first-order valence-corrected chi connectivity index (χ1v) is 10.6. The summed E-state index contributed by atoms with van der Waals surface area (Å²) in [6, 6.07) is 10.1. The molecule has 2 rings (SSSR count). The molecule has 156 valence electrons. The summed E-state index contributed by atoms with van der Waals surface area (Å²) < 4.78 is 0. The third-order valence-electron chi connectivity index (χ3n) is 4.12. The van der Waals surface area contributed by atoms with Crippen LogP contribution in [0.4, 0.5) is 11.4 Å². The van der Waals surface area contributed by atoms with E-state index in [2.05, 4.69) is 10.6 Å². The third-order valence-corrected chi connectivity index (χ3v) is 5.16. The SMILES string of the molecule is CCCN(CCC)C(=O)c1cccc(NCC(=O)Nc2cc(Cl)c(Cl)cc2Cl)c1. The number of hydrogen-bond acceptors (Lipinski definition) is 3. The molecule has 0 radical (unpaired) electrons. The number of carbonyl (C=O) groups excluding carboxylic acids is 2. The van der Waals surface area contributed by atoms with Crippen molar-refractivity contribution in [3.8, 4) is 0 Å². The summed E-state index contributed by atoms with van der Waals surface area (Å²) in [4.78, 5) is 26.8. The standard InChI is InChI=1S/C21H24Cl3N3O2/c1-3-8-27(9-4-2)21(29)14-6-5-7-15(10-14)25-13-20(28)26-19-12-17(23)16(22)11-18(19)24/h5-7,10-12,25H,3-4,8-9,13H2,1-2H3,(H,26,28). The van der Waals surface area contributed by atoms with Crippen molar-refractivity contribution in [1.82, 2.24) is 4.90 Å².